The van der Waals surface area contributed by atoms with E-state index in [0.717, 1.165) is 5.56 Å². The minimum absolute atomic E-state index is 0.0157. The number of hydrogen-bond donors (Lipinski definition) is 1. The van der Waals surface area contributed by atoms with E-state index in [2.05, 4.69) is 6.07 Å². The standard InChI is InChI=1S/C27H23ClN2O5/c1-3-32-22-12-7-17(13-24(22)33-4-2)25-20-11-10-19(14-23(20)35-26(30)21(25)15-29)34-27(31)16-5-8-18(28)9-6-16/h5-14,25H,3-4,30H2,1-2H3. The number of nitrogens with zero attached hydrogens (tertiary/aromatic N) is 1. The van der Waals surface area contributed by atoms with Crippen LogP contribution >= 0.6 is 11.6 Å². The predicted molar refractivity (Wildman–Crippen MR) is 131 cm³/mol. The summed E-state index contributed by atoms with van der Waals surface area (Å²) in [7, 11) is 0. The average Bonchev–Trinajstić information content (AvgIpc) is 2.85. The van der Waals surface area contributed by atoms with Gasteiger partial charge in [0.1, 0.15) is 23.1 Å². The molecule has 1 aliphatic rings. The van der Waals surface area contributed by atoms with Crippen LogP contribution in [-0.2, 0) is 0 Å². The normalized spacial score (nSPS) is 14.4. The third kappa shape index (κ3) is 5.03. The molecular weight excluding hydrogens is 468 g/mol. The molecule has 178 valence electrons. The van der Waals surface area contributed by atoms with Crippen molar-refractivity contribution < 1.29 is 23.7 Å². The van der Waals surface area contributed by atoms with Gasteiger partial charge in [0.2, 0.25) is 5.88 Å². The second-order valence-corrected chi connectivity index (χ2v) is 8.03. The Kier molecular flexibility index (Phi) is 7.14. The van der Waals surface area contributed by atoms with Crippen molar-refractivity contribution in [3.8, 4) is 29.1 Å². The van der Waals surface area contributed by atoms with Crippen LogP contribution in [0.5, 0.6) is 23.0 Å². The molecule has 0 fully saturated rings. The first-order valence-corrected chi connectivity index (χ1v) is 11.4. The molecule has 0 amide bonds. The van der Waals surface area contributed by atoms with E-state index < -0.39 is 11.9 Å². The summed E-state index contributed by atoms with van der Waals surface area (Å²) in [5.41, 5.74) is 8.24. The second kappa shape index (κ2) is 10.4. The van der Waals surface area contributed by atoms with Crippen molar-refractivity contribution in [3.63, 3.8) is 0 Å². The van der Waals surface area contributed by atoms with E-state index in [1.165, 1.54) is 0 Å². The third-order valence-corrected chi connectivity index (χ3v) is 5.63. The molecule has 0 aromatic heterocycles. The Hall–Kier alpha value is -4.15. The quantitative estimate of drug-likeness (QED) is 0.340. The van der Waals surface area contributed by atoms with Crippen LogP contribution in [0.2, 0.25) is 5.02 Å². The molecule has 1 aliphatic heterocycles. The maximum absolute atomic E-state index is 12.5. The number of halogens is 1. The Morgan fingerprint density at radius 1 is 1.03 bits per heavy atom. The van der Waals surface area contributed by atoms with Gasteiger partial charge in [0.15, 0.2) is 11.5 Å². The van der Waals surface area contributed by atoms with Crippen LogP contribution in [0.1, 0.15) is 41.3 Å². The van der Waals surface area contributed by atoms with Gasteiger partial charge in [-0.05, 0) is 61.9 Å². The smallest absolute Gasteiger partial charge is 0.343 e. The van der Waals surface area contributed by atoms with Gasteiger partial charge in [-0.25, -0.2) is 4.79 Å². The number of nitriles is 1. The molecule has 0 radical (unpaired) electrons. The molecule has 2 N–H and O–H groups in total. The maximum atomic E-state index is 12.5. The lowest BCUT2D eigenvalue weighted by Gasteiger charge is -2.27. The molecule has 7 nitrogen and oxygen atoms in total. The number of esters is 1. The van der Waals surface area contributed by atoms with Crippen LogP contribution in [0.4, 0.5) is 0 Å². The van der Waals surface area contributed by atoms with Gasteiger partial charge < -0.3 is 24.7 Å². The number of hydrogen-bond acceptors (Lipinski definition) is 7. The largest absolute Gasteiger partial charge is 0.490 e. The number of carbonyl (C=O) groups is 1. The highest BCUT2D eigenvalue weighted by molar-refractivity contribution is 6.30. The summed E-state index contributed by atoms with van der Waals surface area (Å²) in [6.45, 7) is 4.73. The zero-order chi connectivity index (χ0) is 24.9. The number of carbonyl (C=O) groups excluding carboxylic acids is 1. The first kappa shape index (κ1) is 24.0. The van der Waals surface area contributed by atoms with Gasteiger partial charge >= 0.3 is 5.97 Å². The molecule has 0 aliphatic carbocycles. The van der Waals surface area contributed by atoms with Crippen molar-refractivity contribution in [2.24, 2.45) is 5.73 Å². The molecule has 4 rings (SSSR count). The van der Waals surface area contributed by atoms with E-state index in [4.69, 9.17) is 36.3 Å². The average molecular weight is 491 g/mol. The van der Waals surface area contributed by atoms with Crippen molar-refractivity contribution in [2.45, 2.75) is 19.8 Å². The number of allylic oxidation sites excluding steroid dienone is 1. The van der Waals surface area contributed by atoms with E-state index in [-0.39, 0.29) is 17.2 Å². The van der Waals surface area contributed by atoms with E-state index >= 15 is 0 Å². The van der Waals surface area contributed by atoms with Crippen molar-refractivity contribution >= 4 is 17.6 Å². The van der Waals surface area contributed by atoms with Gasteiger partial charge in [0.05, 0.1) is 24.7 Å². The zero-order valence-electron chi connectivity index (χ0n) is 19.2. The number of ether oxygens (including phenoxy) is 4. The highest BCUT2D eigenvalue weighted by Crippen LogP contribution is 2.45. The lowest BCUT2D eigenvalue weighted by atomic mass is 9.83. The number of fused-ring (bicyclic) bond motifs is 1. The molecule has 0 saturated carbocycles. The van der Waals surface area contributed by atoms with Crippen molar-refractivity contribution in [1.29, 1.82) is 5.26 Å². The topological polar surface area (TPSA) is 104 Å². The van der Waals surface area contributed by atoms with Crippen LogP contribution in [0.25, 0.3) is 0 Å². The molecule has 0 saturated heterocycles. The van der Waals surface area contributed by atoms with Crippen molar-refractivity contribution in [3.05, 3.63) is 93.8 Å². The fraction of sp³-hybridized carbons (Fsp3) is 0.185. The summed E-state index contributed by atoms with van der Waals surface area (Å²) in [5, 5.41) is 10.4. The van der Waals surface area contributed by atoms with E-state index in [9.17, 15) is 10.1 Å². The first-order chi connectivity index (χ1) is 16.9. The lowest BCUT2D eigenvalue weighted by molar-refractivity contribution is 0.0734. The highest BCUT2D eigenvalue weighted by atomic mass is 35.5. The molecule has 1 heterocycles. The van der Waals surface area contributed by atoms with Crippen molar-refractivity contribution in [1.82, 2.24) is 0 Å². The third-order valence-electron chi connectivity index (χ3n) is 5.38. The summed E-state index contributed by atoms with van der Waals surface area (Å²) in [6, 6.07) is 19.1. The summed E-state index contributed by atoms with van der Waals surface area (Å²) >= 11 is 5.89. The van der Waals surface area contributed by atoms with Crippen LogP contribution in [-0.4, -0.2) is 19.2 Å². The van der Waals surface area contributed by atoms with Gasteiger partial charge in [-0.1, -0.05) is 23.7 Å². The summed E-state index contributed by atoms with van der Waals surface area (Å²) < 4.78 is 22.7. The van der Waals surface area contributed by atoms with Gasteiger partial charge in [0, 0.05) is 16.7 Å². The van der Waals surface area contributed by atoms with Gasteiger partial charge in [-0.15, -0.1) is 0 Å². The van der Waals surface area contributed by atoms with E-state index in [0.29, 0.717) is 46.6 Å². The molecule has 3 aromatic carbocycles. The zero-order valence-corrected chi connectivity index (χ0v) is 20.0. The maximum Gasteiger partial charge on any atom is 0.343 e. The number of nitrogens with two attached hydrogens (primary N) is 1. The van der Waals surface area contributed by atoms with E-state index in [1.54, 1.807) is 42.5 Å². The molecular formula is C27H23ClN2O5. The molecule has 0 bridgehead atoms. The minimum Gasteiger partial charge on any atom is -0.490 e. The van der Waals surface area contributed by atoms with Crippen LogP contribution in [0.3, 0.4) is 0 Å². The Labute approximate surface area is 208 Å². The fourth-order valence-electron chi connectivity index (χ4n) is 3.84. The van der Waals surface area contributed by atoms with Gasteiger partial charge in [-0.3, -0.25) is 0 Å². The number of rotatable bonds is 7. The fourth-order valence-corrected chi connectivity index (χ4v) is 3.97. The van der Waals surface area contributed by atoms with Crippen LogP contribution in [0, 0.1) is 11.3 Å². The molecule has 3 aromatic rings. The minimum atomic E-state index is -0.539. The van der Waals surface area contributed by atoms with Gasteiger partial charge in [-0.2, -0.15) is 5.26 Å². The van der Waals surface area contributed by atoms with E-state index in [1.807, 2.05) is 32.0 Å². The Balaban J connectivity index is 1.70. The Bertz CT molecular complexity index is 1330. The molecule has 0 spiro atoms. The van der Waals surface area contributed by atoms with Gasteiger partial charge in [0.25, 0.3) is 0 Å². The number of benzene rings is 3. The lowest BCUT2D eigenvalue weighted by Crippen LogP contribution is -2.21. The van der Waals surface area contributed by atoms with Crippen LogP contribution in [0.15, 0.2) is 72.1 Å². The summed E-state index contributed by atoms with van der Waals surface area (Å²) in [6.07, 6.45) is 0. The summed E-state index contributed by atoms with van der Waals surface area (Å²) in [4.78, 5) is 12.5. The second-order valence-electron chi connectivity index (χ2n) is 7.59. The monoisotopic (exact) mass is 490 g/mol. The molecule has 1 atom stereocenters. The molecule has 8 heteroatoms. The Morgan fingerprint density at radius 3 is 2.43 bits per heavy atom. The highest BCUT2D eigenvalue weighted by Gasteiger charge is 2.32. The molecule has 1 unspecified atom stereocenters. The SMILES string of the molecule is CCOc1ccc(C2C(C#N)=C(N)Oc3cc(OC(=O)c4ccc(Cl)cc4)ccc32)cc1OCC. The molecule has 35 heavy (non-hydrogen) atoms. The Morgan fingerprint density at radius 2 is 1.74 bits per heavy atom. The van der Waals surface area contributed by atoms with Crippen LogP contribution < -0.4 is 24.7 Å². The van der Waals surface area contributed by atoms with Crippen molar-refractivity contribution in [2.75, 3.05) is 13.2 Å². The predicted octanol–water partition coefficient (Wildman–Crippen LogP) is 5.57. The first-order valence-electron chi connectivity index (χ1n) is 11.0. The summed E-state index contributed by atoms with van der Waals surface area (Å²) in [5.74, 6) is 0.799.